The van der Waals surface area contributed by atoms with Crippen LogP contribution >= 0.6 is 0 Å². The number of sulfone groups is 1. The van der Waals surface area contributed by atoms with E-state index in [9.17, 15) is 18.0 Å². The van der Waals surface area contributed by atoms with E-state index in [0.717, 1.165) is 0 Å². The predicted octanol–water partition coefficient (Wildman–Crippen LogP) is 1.61. The molecule has 0 aromatic heterocycles. The van der Waals surface area contributed by atoms with Crippen LogP contribution in [0.5, 0.6) is 0 Å². The molecule has 0 unspecified atom stereocenters. The van der Waals surface area contributed by atoms with Gasteiger partial charge in [-0.2, -0.15) is 0 Å². The minimum Gasteiger partial charge on any atom is -0.350 e. The summed E-state index contributed by atoms with van der Waals surface area (Å²) < 4.78 is 22.6. The van der Waals surface area contributed by atoms with Crippen LogP contribution in [0.15, 0.2) is 24.3 Å². The molecule has 1 aromatic rings. The topological polar surface area (TPSA) is 83.6 Å². The number of hydrogen-bond donors (Lipinski definition) is 1. The highest BCUT2D eigenvalue weighted by Gasteiger charge is 2.20. The molecule has 0 aliphatic heterocycles. The van der Waals surface area contributed by atoms with Gasteiger partial charge in [0, 0.05) is 23.9 Å². The zero-order chi connectivity index (χ0) is 18.5. The van der Waals surface area contributed by atoms with Crippen molar-refractivity contribution in [1.82, 2.24) is 10.2 Å². The van der Waals surface area contributed by atoms with Crippen LogP contribution in [0.3, 0.4) is 0 Å². The summed E-state index contributed by atoms with van der Waals surface area (Å²) in [5.74, 6) is -0.536. The number of nitrogens with zero attached hydrogens (tertiary/aromatic N) is 1. The largest absolute Gasteiger partial charge is 0.350 e. The van der Waals surface area contributed by atoms with Crippen LogP contribution in [0.4, 0.5) is 0 Å². The molecule has 2 amide bonds. The summed E-state index contributed by atoms with van der Waals surface area (Å²) in [5, 5.41) is 2.83. The van der Waals surface area contributed by atoms with Crippen LogP contribution < -0.4 is 5.32 Å². The summed E-state index contributed by atoms with van der Waals surface area (Å²) in [5.41, 5.74) is 0.701. The molecule has 7 heteroatoms. The average Bonchev–Trinajstić information content (AvgIpc) is 2.41. The number of benzene rings is 1. The van der Waals surface area contributed by atoms with Gasteiger partial charge in [-0.25, -0.2) is 8.42 Å². The molecule has 134 valence electrons. The molecule has 0 saturated heterocycles. The number of nitrogens with one attached hydrogen (secondary N) is 1. The molecule has 0 atom stereocenters. The van der Waals surface area contributed by atoms with Gasteiger partial charge in [-0.1, -0.05) is 12.1 Å². The highest BCUT2D eigenvalue weighted by atomic mass is 32.2. The molecule has 24 heavy (non-hydrogen) atoms. The molecular formula is C17H26N2O4S. The second kappa shape index (κ2) is 7.79. The molecule has 1 rings (SSSR count). The van der Waals surface area contributed by atoms with Gasteiger partial charge in [-0.15, -0.1) is 0 Å². The van der Waals surface area contributed by atoms with Gasteiger partial charge in [0.2, 0.25) is 5.91 Å². The lowest BCUT2D eigenvalue weighted by Crippen LogP contribution is -2.47. The van der Waals surface area contributed by atoms with Gasteiger partial charge >= 0.3 is 0 Å². The van der Waals surface area contributed by atoms with E-state index in [1.54, 1.807) is 31.2 Å². The monoisotopic (exact) mass is 354 g/mol. The van der Waals surface area contributed by atoms with Crippen molar-refractivity contribution in [2.75, 3.05) is 19.3 Å². The zero-order valence-electron chi connectivity index (χ0n) is 14.9. The Balaban J connectivity index is 2.81. The Kier molecular flexibility index (Phi) is 6.54. The lowest BCUT2D eigenvalue weighted by atomic mass is 10.1. The Morgan fingerprint density at radius 1 is 1.12 bits per heavy atom. The summed E-state index contributed by atoms with van der Waals surface area (Å²) >= 11 is 0. The maximum atomic E-state index is 12.5. The Labute approximate surface area is 144 Å². The second-order valence-electron chi connectivity index (χ2n) is 6.88. The number of likely N-dealkylation sites (N-methyl/N-ethyl adjacent to an activating group) is 1. The van der Waals surface area contributed by atoms with Crippen LogP contribution in [0.1, 0.15) is 43.6 Å². The molecule has 1 N–H and O–H groups in total. The molecule has 0 bridgehead atoms. The first-order valence-corrected chi connectivity index (χ1v) is 9.84. The normalized spacial score (nSPS) is 11.9. The van der Waals surface area contributed by atoms with Crippen molar-refractivity contribution < 1.29 is 18.0 Å². The third-order valence-corrected chi connectivity index (χ3v) is 4.01. The quantitative estimate of drug-likeness (QED) is 0.841. The van der Waals surface area contributed by atoms with E-state index in [0.29, 0.717) is 17.7 Å². The van der Waals surface area contributed by atoms with Gasteiger partial charge in [-0.05, 0) is 45.4 Å². The molecule has 6 nitrogen and oxygen atoms in total. The van der Waals surface area contributed by atoms with Crippen LogP contribution in [-0.4, -0.2) is 50.0 Å². The van der Waals surface area contributed by atoms with Crippen molar-refractivity contribution in [3.05, 3.63) is 35.4 Å². The Morgan fingerprint density at radius 2 is 1.67 bits per heavy atom. The molecular weight excluding hydrogens is 328 g/mol. The van der Waals surface area contributed by atoms with E-state index in [1.165, 1.54) is 11.2 Å². The number of carbonyl (C=O) groups is 2. The van der Waals surface area contributed by atoms with Gasteiger partial charge in [0.1, 0.15) is 0 Å². The third-order valence-electron chi connectivity index (χ3n) is 3.15. The van der Waals surface area contributed by atoms with Gasteiger partial charge in [0.15, 0.2) is 9.84 Å². The van der Waals surface area contributed by atoms with Crippen molar-refractivity contribution in [3.8, 4) is 0 Å². The van der Waals surface area contributed by atoms with Gasteiger partial charge in [0.05, 0.1) is 12.3 Å². The highest BCUT2D eigenvalue weighted by molar-refractivity contribution is 7.89. The molecule has 0 aliphatic carbocycles. The van der Waals surface area contributed by atoms with Gasteiger partial charge in [0.25, 0.3) is 5.91 Å². The van der Waals surface area contributed by atoms with E-state index in [1.807, 2.05) is 20.8 Å². The minimum absolute atomic E-state index is 0.0162. The van der Waals surface area contributed by atoms with E-state index < -0.39 is 9.84 Å². The van der Waals surface area contributed by atoms with Crippen LogP contribution in [-0.2, 0) is 20.4 Å². The third kappa shape index (κ3) is 7.12. The van der Waals surface area contributed by atoms with Crippen molar-refractivity contribution in [1.29, 1.82) is 0 Å². The van der Waals surface area contributed by atoms with E-state index in [2.05, 4.69) is 5.32 Å². The molecule has 0 fully saturated rings. The molecule has 0 heterocycles. The number of carbonyl (C=O) groups excluding carboxylic acids is 2. The van der Waals surface area contributed by atoms with Crippen LogP contribution in [0.25, 0.3) is 0 Å². The summed E-state index contributed by atoms with van der Waals surface area (Å²) in [6, 6.07) is 6.43. The summed E-state index contributed by atoms with van der Waals surface area (Å²) in [4.78, 5) is 26.0. The average molecular weight is 354 g/mol. The first kappa shape index (κ1) is 20.2. The summed E-state index contributed by atoms with van der Waals surface area (Å²) in [6.45, 7) is 7.83. The zero-order valence-corrected chi connectivity index (χ0v) is 15.7. The van der Waals surface area contributed by atoms with Crippen molar-refractivity contribution in [3.63, 3.8) is 0 Å². The first-order valence-electron chi connectivity index (χ1n) is 7.78. The molecule has 0 saturated carbocycles. The Hall–Kier alpha value is -1.89. The lowest BCUT2D eigenvalue weighted by Gasteiger charge is -2.25. The van der Waals surface area contributed by atoms with Gasteiger partial charge in [-0.3, -0.25) is 9.59 Å². The van der Waals surface area contributed by atoms with Crippen LogP contribution in [0, 0.1) is 0 Å². The summed E-state index contributed by atoms with van der Waals surface area (Å²) in [6.07, 6.45) is 1.17. The number of amides is 2. The Bertz CT molecular complexity index is 688. The fourth-order valence-electron chi connectivity index (χ4n) is 2.19. The second-order valence-corrected chi connectivity index (χ2v) is 9.02. The molecule has 1 aromatic carbocycles. The van der Waals surface area contributed by atoms with Gasteiger partial charge < -0.3 is 10.2 Å². The summed E-state index contributed by atoms with van der Waals surface area (Å²) in [7, 11) is -3.11. The first-order chi connectivity index (χ1) is 10.9. The smallest absolute Gasteiger partial charge is 0.254 e. The van der Waals surface area contributed by atoms with Crippen molar-refractivity contribution in [2.24, 2.45) is 0 Å². The fraction of sp³-hybridized carbons (Fsp3) is 0.529. The van der Waals surface area contributed by atoms with Crippen molar-refractivity contribution in [2.45, 2.75) is 39.0 Å². The number of hydrogen-bond acceptors (Lipinski definition) is 4. The van der Waals surface area contributed by atoms with E-state index in [4.69, 9.17) is 0 Å². The highest BCUT2D eigenvalue weighted by Crippen LogP contribution is 2.10. The molecule has 0 spiro atoms. The predicted molar refractivity (Wildman–Crippen MR) is 94.5 cm³/mol. The number of rotatable bonds is 6. The minimum atomic E-state index is -3.11. The maximum Gasteiger partial charge on any atom is 0.254 e. The Morgan fingerprint density at radius 3 is 2.08 bits per heavy atom. The standard InChI is InChI=1S/C17H26N2O4S/c1-6-19(11-15(20)18-17(2,3)4)16(21)14-9-7-13(8-10-14)12-24(5,22)23/h7-10H,6,11-12H2,1-5H3,(H,18,20). The van der Waals surface area contributed by atoms with E-state index in [-0.39, 0.29) is 29.7 Å². The SMILES string of the molecule is CCN(CC(=O)NC(C)(C)C)C(=O)c1ccc(CS(C)(=O)=O)cc1. The van der Waals surface area contributed by atoms with E-state index >= 15 is 0 Å². The lowest BCUT2D eigenvalue weighted by molar-refractivity contribution is -0.123. The maximum absolute atomic E-state index is 12.5. The molecule has 0 aliphatic rings. The van der Waals surface area contributed by atoms with Crippen LogP contribution in [0.2, 0.25) is 0 Å². The molecule has 0 radical (unpaired) electrons. The fourth-order valence-corrected chi connectivity index (χ4v) is 2.99. The van der Waals surface area contributed by atoms with Crippen molar-refractivity contribution >= 4 is 21.7 Å².